The molecule has 5 heteroatoms. The number of aromatic amines is 1. The predicted molar refractivity (Wildman–Crippen MR) is 53.9 cm³/mol. The van der Waals surface area contributed by atoms with E-state index in [9.17, 15) is 4.39 Å². The molecule has 0 saturated heterocycles. The van der Waals surface area contributed by atoms with Gasteiger partial charge >= 0.3 is 0 Å². The van der Waals surface area contributed by atoms with Gasteiger partial charge in [-0.3, -0.25) is 0 Å². The summed E-state index contributed by atoms with van der Waals surface area (Å²) in [5, 5.41) is 9.42. The van der Waals surface area contributed by atoms with E-state index in [1.54, 1.807) is 0 Å². The van der Waals surface area contributed by atoms with Crippen LogP contribution in [0.1, 0.15) is 5.56 Å². The summed E-state index contributed by atoms with van der Waals surface area (Å²) < 4.78 is 18.1. The summed E-state index contributed by atoms with van der Waals surface area (Å²) in [7, 11) is 1.37. The van der Waals surface area contributed by atoms with Gasteiger partial charge in [-0.1, -0.05) is 0 Å². The monoisotopic (exact) mass is 205 g/mol. The number of nitrogens with two attached hydrogens (primary N) is 1. The number of hydrogen-bond acceptors (Lipinski definition) is 3. The van der Waals surface area contributed by atoms with Crippen molar-refractivity contribution in [2.45, 2.75) is 0 Å². The zero-order valence-electron chi connectivity index (χ0n) is 7.97. The van der Waals surface area contributed by atoms with Crippen LogP contribution >= 0.6 is 0 Å². The number of nitrogens with one attached hydrogen (secondary N) is 1. The molecule has 0 aliphatic heterocycles. The van der Waals surface area contributed by atoms with E-state index in [0.29, 0.717) is 16.5 Å². The van der Waals surface area contributed by atoms with Gasteiger partial charge in [-0.15, -0.1) is 0 Å². The molecule has 0 amide bonds. The number of anilines is 1. The molecule has 0 radical (unpaired) electrons. The molecule has 0 saturated carbocycles. The molecule has 0 bridgehead atoms. The van der Waals surface area contributed by atoms with Gasteiger partial charge < -0.3 is 15.5 Å². The maximum absolute atomic E-state index is 13.3. The third-order valence-electron chi connectivity index (χ3n) is 2.21. The molecule has 0 fully saturated rings. The van der Waals surface area contributed by atoms with Crippen LogP contribution in [0.15, 0.2) is 12.1 Å². The highest BCUT2D eigenvalue weighted by Crippen LogP contribution is 2.29. The SMILES string of the molecule is COc1cc2c(C#N)c(N)[nH]c2cc1F. The average Bonchev–Trinajstić information content (AvgIpc) is 2.51. The lowest BCUT2D eigenvalue weighted by Crippen LogP contribution is -1.87. The van der Waals surface area contributed by atoms with Crippen LogP contribution in [0.4, 0.5) is 10.2 Å². The zero-order chi connectivity index (χ0) is 11.0. The fourth-order valence-corrected chi connectivity index (χ4v) is 1.49. The molecule has 4 nitrogen and oxygen atoms in total. The van der Waals surface area contributed by atoms with E-state index in [0.717, 1.165) is 0 Å². The van der Waals surface area contributed by atoms with E-state index in [4.69, 9.17) is 15.7 Å². The van der Waals surface area contributed by atoms with Crippen LogP contribution in [-0.2, 0) is 0 Å². The number of aromatic nitrogens is 1. The molecule has 0 aliphatic carbocycles. The molecule has 0 atom stereocenters. The quantitative estimate of drug-likeness (QED) is 0.744. The lowest BCUT2D eigenvalue weighted by Gasteiger charge is -2.00. The van der Waals surface area contributed by atoms with Crippen molar-refractivity contribution in [3.05, 3.63) is 23.5 Å². The predicted octanol–water partition coefficient (Wildman–Crippen LogP) is 1.77. The third-order valence-corrected chi connectivity index (χ3v) is 2.21. The lowest BCUT2D eigenvalue weighted by atomic mass is 10.1. The highest BCUT2D eigenvalue weighted by molar-refractivity contribution is 5.92. The first kappa shape index (κ1) is 9.34. The zero-order valence-corrected chi connectivity index (χ0v) is 7.97. The minimum atomic E-state index is -0.490. The van der Waals surface area contributed by atoms with Gasteiger partial charge in [-0.25, -0.2) is 4.39 Å². The van der Waals surface area contributed by atoms with Crippen molar-refractivity contribution in [2.75, 3.05) is 12.8 Å². The first-order chi connectivity index (χ1) is 7.17. The number of rotatable bonds is 1. The average molecular weight is 205 g/mol. The van der Waals surface area contributed by atoms with Gasteiger partial charge in [-0.2, -0.15) is 5.26 Å². The van der Waals surface area contributed by atoms with Crippen LogP contribution < -0.4 is 10.5 Å². The van der Waals surface area contributed by atoms with Crippen molar-refractivity contribution in [3.63, 3.8) is 0 Å². The van der Waals surface area contributed by atoms with Crippen molar-refractivity contribution in [1.29, 1.82) is 5.26 Å². The number of H-pyrrole nitrogens is 1. The summed E-state index contributed by atoms with van der Waals surface area (Å²) >= 11 is 0. The lowest BCUT2D eigenvalue weighted by molar-refractivity contribution is 0.387. The minimum Gasteiger partial charge on any atom is -0.494 e. The molecule has 1 aromatic carbocycles. The Morgan fingerprint density at radius 3 is 2.87 bits per heavy atom. The van der Waals surface area contributed by atoms with Crippen LogP contribution in [0.5, 0.6) is 5.75 Å². The van der Waals surface area contributed by atoms with E-state index in [1.807, 2.05) is 6.07 Å². The van der Waals surface area contributed by atoms with Crippen LogP contribution in [0.3, 0.4) is 0 Å². The molecule has 2 aromatic rings. The third kappa shape index (κ3) is 1.27. The fraction of sp³-hybridized carbons (Fsp3) is 0.100. The van der Waals surface area contributed by atoms with E-state index < -0.39 is 5.82 Å². The maximum atomic E-state index is 13.3. The number of hydrogen-bond donors (Lipinski definition) is 2. The van der Waals surface area contributed by atoms with Crippen molar-refractivity contribution >= 4 is 16.7 Å². The van der Waals surface area contributed by atoms with Gasteiger partial charge in [-0.05, 0) is 6.07 Å². The summed E-state index contributed by atoms with van der Waals surface area (Å²) in [5.41, 5.74) is 6.36. The highest BCUT2D eigenvalue weighted by Gasteiger charge is 2.12. The standard InChI is InChI=1S/C10H8FN3O/c1-15-9-2-5-6(4-12)10(13)14-8(5)3-7(9)11/h2-3,14H,13H2,1H3. The van der Waals surface area contributed by atoms with E-state index in [1.165, 1.54) is 19.2 Å². The van der Waals surface area contributed by atoms with Crippen LogP contribution in [0.25, 0.3) is 10.9 Å². The van der Waals surface area contributed by atoms with Gasteiger partial charge in [0.1, 0.15) is 17.5 Å². The Morgan fingerprint density at radius 1 is 1.53 bits per heavy atom. The van der Waals surface area contributed by atoms with Gasteiger partial charge in [0.2, 0.25) is 0 Å². The summed E-state index contributed by atoms with van der Waals surface area (Å²) in [4.78, 5) is 2.73. The molecule has 1 heterocycles. The number of nitriles is 1. The number of halogens is 1. The molecule has 1 aromatic heterocycles. The maximum Gasteiger partial charge on any atom is 0.167 e. The van der Waals surface area contributed by atoms with Crippen LogP contribution in [0, 0.1) is 17.1 Å². The van der Waals surface area contributed by atoms with Gasteiger partial charge in [0.05, 0.1) is 12.6 Å². The van der Waals surface area contributed by atoms with E-state index in [2.05, 4.69) is 4.98 Å². The number of fused-ring (bicyclic) bond motifs is 1. The second kappa shape index (κ2) is 3.17. The summed E-state index contributed by atoms with van der Waals surface area (Å²) in [5.74, 6) is -0.158. The number of benzene rings is 1. The molecule has 15 heavy (non-hydrogen) atoms. The Bertz CT molecular complexity index is 568. The fourth-order valence-electron chi connectivity index (χ4n) is 1.49. The van der Waals surface area contributed by atoms with Crippen LogP contribution in [-0.4, -0.2) is 12.1 Å². The minimum absolute atomic E-state index is 0.0954. The van der Waals surface area contributed by atoms with Crippen molar-refractivity contribution < 1.29 is 9.13 Å². The molecule has 3 N–H and O–H groups in total. The van der Waals surface area contributed by atoms with Crippen molar-refractivity contribution in [1.82, 2.24) is 4.98 Å². The normalized spacial score (nSPS) is 10.2. The molecule has 0 aliphatic rings. The Hall–Kier alpha value is -2.22. The molecular weight excluding hydrogens is 197 g/mol. The number of nitrogen functional groups attached to an aromatic ring is 1. The van der Waals surface area contributed by atoms with E-state index in [-0.39, 0.29) is 11.6 Å². The smallest absolute Gasteiger partial charge is 0.167 e. The largest absolute Gasteiger partial charge is 0.494 e. The van der Waals surface area contributed by atoms with Gasteiger partial charge in [0.15, 0.2) is 11.6 Å². The summed E-state index contributed by atoms with van der Waals surface area (Å²) in [6.07, 6.45) is 0. The Balaban J connectivity index is 2.84. The Labute approximate surface area is 85.1 Å². The Morgan fingerprint density at radius 2 is 2.27 bits per heavy atom. The second-order valence-corrected chi connectivity index (χ2v) is 3.06. The Kier molecular flexibility index (Phi) is 1.97. The topological polar surface area (TPSA) is 74.8 Å². The van der Waals surface area contributed by atoms with E-state index >= 15 is 0 Å². The highest BCUT2D eigenvalue weighted by atomic mass is 19.1. The first-order valence-electron chi connectivity index (χ1n) is 4.22. The molecule has 0 spiro atoms. The van der Waals surface area contributed by atoms with Crippen molar-refractivity contribution in [3.8, 4) is 11.8 Å². The summed E-state index contributed by atoms with van der Waals surface area (Å²) in [6.45, 7) is 0. The van der Waals surface area contributed by atoms with Gasteiger partial charge in [0.25, 0.3) is 0 Å². The molecule has 76 valence electrons. The first-order valence-corrected chi connectivity index (χ1v) is 4.22. The number of ether oxygens (including phenoxy) is 1. The van der Waals surface area contributed by atoms with Crippen LogP contribution in [0.2, 0.25) is 0 Å². The van der Waals surface area contributed by atoms with Crippen molar-refractivity contribution in [2.24, 2.45) is 0 Å². The number of methoxy groups -OCH3 is 1. The van der Waals surface area contributed by atoms with Gasteiger partial charge in [0, 0.05) is 11.5 Å². The summed E-state index contributed by atoms with van der Waals surface area (Å²) in [6, 6.07) is 4.66. The molecule has 0 unspecified atom stereocenters. The molecular formula is C10H8FN3O. The number of nitrogens with zero attached hydrogens (tertiary/aromatic N) is 1. The second-order valence-electron chi connectivity index (χ2n) is 3.06. The molecule has 2 rings (SSSR count).